The average molecular weight is 299 g/mol. The van der Waals surface area contributed by atoms with Crippen molar-refractivity contribution in [3.63, 3.8) is 0 Å². The Kier molecular flexibility index (Phi) is 4.94. The highest BCUT2D eigenvalue weighted by Gasteiger charge is 2.13. The topological polar surface area (TPSA) is 77.2 Å². The summed E-state index contributed by atoms with van der Waals surface area (Å²) in [6.45, 7) is -0.0365. The highest BCUT2D eigenvalue weighted by atomic mass is 19.1. The van der Waals surface area contributed by atoms with E-state index in [1.54, 1.807) is 24.3 Å². The predicted molar refractivity (Wildman–Crippen MR) is 80.5 cm³/mol. The number of halogens is 1. The van der Waals surface area contributed by atoms with Crippen molar-refractivity contribution in [3.05, 3.63) is 53.5 Å². The first kappa shape index (κ1) is 15.3. The van der Waals surface area contributed by atoms with Gasteiger partial charge >= 0.3 is 0 Å². The van der Waals surface area contributed by atoms with E-state index in [0.29, 0.717) is 0 Å². The Hall–Kier alpha value is -3.07. The summed E-state index contributed by atoms with van der Waals surface area (Å²) in [7, 11) is 0. The number of benzene rings is 1. The molecule has 1 aromatic carbocycles. The minimum absolute atomic E-state index is 0.00768. The van der Waals surface area contributed by atoms with Gasteiger partial charge in [0.05, 0.1) is 5.56 Å². The van der Waals surface area contributed by atoms with Crippen LogP contribution in [0.2, 0.25) is 0 Å². The lowest BCUT2D eigenvalue weighted by molar-refractivity contribution is 0.0951. The highest BCUT2D eigenvalue weighted by Crippen LogP contribution is 2.20. The van der Waals surface area contributed by atoms with Crippen LogP contribution in [0.25, 0.3) is 0 Å². The minimum Gasteiger partial charge on any atom is -0.478 e. The van der Waals surface area contributed by atoms with Gasteiger partial charge in [-0.2, -0.15) is 0 Å². The fraction of sp³-hybridized carbons (Fsp3) is 0.125. The van der Waals surface area contributed by atoms with Crippen molar-refractivity contribution >= 4 is 11.7 Å². The van der Waals surface area contributed by atoms with E-state index >= 15 is 0 Å². The van der Waals surface area contributed by atoms with Crippen molar-refractivity contribution in [2.24, 2.45) is 0 Å². The number of nitrogens with two attached hydrogens (primary N) is 1. The summed E-state index contributed by atoms with van der Waals surface area (Å²) >= 11 is 0. The van der Waals surface area contributed by atoms with E-state index in [0.717, 1.165) is 0 Å². The molecule has 22 heavy (non-hydrogen) atoms. The number of amides is 1. The fourth-order valence-electron chi connectivity index (χ4n) is 1.80. The van der Waals surface area contributed by atoms with Gasteiger partial charge in [-0.3, -0.25) is 4.79 Å². The summed E-state index contributed by atoms with van der Waals surface area (Å²) in [5.74, 6) is 1.44. The lowest BCUT2D eigenvalue weighted by Crippen LogP contribution is -2.24. The molecule has 3 N–H and O–H groups in total. The maximum atomic E-state index is 14.1. The third kappa shape index (κ3) is 3.52. The third-order valence-corrected chi connectivity index (χ3v) is 2.88. The molecule has 112 valence electrons. The quantitative estimate of drug-likeness (QED) is 0.825. The van der Waals surface area contributed by atoms with E-state index in [9.17, 15) is 9.18 Å². The van der Waals surface area contributed by atoms with Crippen LogP contribution in [0.4, 0.5) is 10.2 Å². The second-order valence-corrected chi connectivity index (χ2v) is 4.34. The summed E-state index contributed by atoms with van der Waals surface area (Å²) in [6, 6.07) is 7.78. The van der Waals surface area contributed by atoms with Crippen LogP contribution in [0.1, 0.15) is 15.9 Å². The Balaban J connectivity index is 2.07. The predicted octanol–water partition coefficient (Wildman–Crippen LogP) is 1.74. The number of nitrogens with zero attached hydrogens (tertiary/aromatic N) is 1. The molecule has 2 rings (SSSR count). The summed E-state index contributed by atoms with van der Waals surface area (Å²) < 4.78 is 19.2. The first-order valence-corrected chi connectivity index (χ1v) is 6.46. The van der Waals surface area contributed by atoms with Gasteiger partial charge in [-0.15, -0.1) is 6.42 Å². The van der Waals surface area contributed by atoms with Gasteiger partial charge in [0, 0.05) is 18.3 Å². The first-order valence-electron chi connectivity index (χ1n) is 6.46. The molecule has 2 aromatic rings. The van der Waals surface area contributed by atoms with Crippen molar-refractivity contribution in [3.8, 4) is 18.1 Å². The van der Waals surface area contributed by atoms with Gasteiger partial charge in [-0.05, 0) is 18.2 Å². The van der Waals surface area contributed by atoms with E-state index < -0.39 is 11.7 Å². The number of anilines is 1. The highest BCUT2D eigenvalue weighted by molar-refractivity contribution is 5.98. The second-order valence-electron chi connectivity index (χ2n) is 4.34. The molecule has 0 saturated carbocycles. The number of hydrogen-bond donors (Lipinski definition) is 2. The van der Waals surface area contributed by atoms with E-state index in [1.807, 2.05) is 0 Å². The van der Waals surface area contributed by atoms with E-state index in [-0.39, 0.29) is 35.8 Å². The number of nitrogens with one attached hydrogen (secondary N) is 1. The third-order valence-electron chi connectivity index (χ3n) is 2.88. The number of ether oxygens (including phenoxy) is 1. The molecule has 1 amide bonds. The largest absolute Gasteiger partial charge is 0.478 e. The number of pyridine rings is 1. The zero-order valence-corrected chi connectivity index (χ0v) is 11.7. The van der Waals surface area contributed by atoms with Gasteiger partial charge in [0.25, 0.3) is 5.91 Å². The Morgan fingerprint density at radius 2 is 2.23 bits per heavy atom. The van der Waals surface area contributed by atoms with Gasteiger partial charge < -0.3 is 15.8 Å². The summed E-state index contributed by atoms with van der Waals surface area (Å²) in [6.07, 6.45) is 6.55. The van der Waals surface area contributed by atoms with Crippen molar-refractivity contribution in [2.75, 3.05) is 12.3 Å². The van der Waals surface area contributed by atoms with Crippen molar-refractivity contribution < 1.29 is 13.9 Å². The molecular weight excluding hydrogens is 285 g/mol. The lowest BCUT2D eigenvalue weighted by Gasteiger charge is -2.10. The molecular formula is C16H14FN3O2. The van der Waals surface area contributed by atoms with Crippen LogP contribution in [0.5, 0.6) is 5.75 Å². The Morgan fingerprint density at radius 3 is 2.95 bits per heavy atom. The number of nitrogen functional groups attached to an aromatic ring is 1. The number of aromatic nitrogens is 1. The van der Waals surface area contributed by atoms with Crippen molar-refractivity contribution in [1.29, 1.82) is 0 Å². The molecule has 0 aliphatic rings. The first-order chi connectivity index (χ1) is 10.6. The second kappa shape index (κ2) is 7.09. The number of carbonyl (C=O) groups excluding carboxylic acids is 1. The van der Waals surface area contributed by atoms with E-state index in [2.05, 4.69) is 16.2 Å². The average Bonchev–Trinajstić information content (AvgIpc) is 2.53. The van der Waals surface area contributed by atoms with Crippen LogP contribution < -0.4 is 15.8 Å². The fourth-order valence-corrected chi connectivity index (χ4v) is 1.80. The molecule has 0 spiro atoms. The Bertz CT molecular complexity index is 726. The minimum atomic E-state index is -0.558. The van der Waals surface area contributed by atoms with Crippen LogP contribution >= 0.6 is 0 Å². The van der Waals surface area contributed by atoms with Crippen LogP contribution in [0.15, 0.2) is 36.5 Å². The van der Waals surface area contributed by atoms with Gasteiger partial charge in [0.15, 0.2) is 11.6 Å². The molecule has 0 radical (unpaired) electrons. The zero-order valence-electron chi connectivity index (χ0n) is 11.7. The van der Waals surface area contributed by atoms with Crippen LogP contribution in [0.3, 0.4) is 0 Å². The zero-order chi connectivity index (χ0) is 15.9. The van der Waals surface area contributed by atoms with Gasteiger partial charge in [0.1, 0.15) is 12.4 Å². The standard InChI is InChI=1S/C16H14FN3O2/c1-2-9-22-13-7-3-5-11(14(13)17)10-20-16(21)12-6-4-8-19-15(12)18/h1,3-8H,9-10H2,(H2,18,19)(H,20,21). The molecule has 1 heterocycles. The maximum Gasteiger partial charge on any atom is 0.255 e. The molecule has 6 heteroatoms. The Labute approximate surface area is 127 Å². The van der Waals surface area contributed by atoms with Crippen molar-refractivity contribution in [1.82, 2.24) is 10.3 Å². The number of carbonyl (C=O) groups is 1. The molecule has 0 saturated heterocycles. The number of terminal acetylenes is 1. The Morgan fingerprint density at radius 1 is 1.41 bits per heavy atom. The maximum absolute atomic E-state index is 14.1. The molecule has 0 unspecified atom stereocenters. The molecule has 0 atom stereocenters. The molecule has 0 aliphatic heterocycles. The van der Waals surface area contributed by atoms with Crippen LogP contribution in [0, 0.1) is 18.2 Å². The number of hydrogen-bond acceptors (Lipinski definition) is 4. The van der Waals surface area contributed by atoms with Crippen molar-refractivity contribution in [2.45, 2.75) is 6.54 Å². The molecule has 1 aromatic heterocycles. The summed E-state index contributed by atoms with van der Waals surface area (Å²) in [4.78, 5) is 15.8. The summed E-state index contributed by atoms with van der Waals surface area (Å²) in [5, 5.41) is 2.59. The van der Waals surface area contributed by atoms with Gasteiger partial charge in [-0.25, -0.2) is 9.37 Å². The van der Waals surface area contributed by atoms with Gasteiger partial charge in [-0.1, -0.05) is 18.1 Å². The van der Waals surface area contributed by atoms with E-state index in [1.165, 1.54) is 12.3 Å². The van der Waals surface area contributed by atoms with Crippen LogP contribution in [-0.4, -0.2) is 17.5 Å². The monoisotopic (exact) mass is 299 g/mol. The normalized spacial score (nSPS) is 9.82. The van der Waals surface area contributed by atoms with Crippen LogP contribution in [-0.2, 0) is 6.54 Å². The smallest absolute Gasteiger partial charge is 0.255 e. The van der Waals surface area contributed by atoms with Gasteiger partial charge in [0.2, 0.25) is 0 Å². The molecule has 0 aliphatic carbocycles. The lowest BCUT2D eigenvalue weighted by atomic mass is 10.2. The molecule has 0 bridgehead atoms. The SMILES string of the molecule is C#CCOc1cccc(CNC(=O)c2cccnc2N)c1F. The number of rotatable bonds is 5. The van der Waals surface area contributed by atoms with E-state index in [4.69, 9.17) is 16.9 Å². The molecule has 5 nitrogen and oxygen atoms in total. The summed E-state index contributed by atoms with van der Waals surface area (Å²) in [5.41, 5.74) is 6.14. The molecule has 0 fully saturated rings.